The van der Waals surface area contributed by atoms with Crippen LogP contribution < -0.4 is 0 Å². The van der Waals surface area contributed by atoms with Crippen LogP contribution in [0.1, 0.15) is 32.1 Å². The Kier molecular flexibility index (Phi) is 5.67. The van der Waals surface area contributed by atoms with Crippen molar-refractivity contribution in [2.45, 2.75) is 44.3 Å². The third kappa shape index (κ3) is 3.62. The normalized spacial score (nSPS) is 42.1. The van der Waals surface area contributed by atoms with Crippen molar-refractivity contribution in [1.29, 1.82) is 0 Å². The van der Waals surface area contributed by atoms with Gasteiger partial charge in [0, 0.05) is 19.6 Å². The molecule has 1 N–H and O–H groups in total. The maximum absolute atomic E-state index is 10.2. The predicted octanol–water partition coefficient (Wildman–Crippen LogP) is 1.94. The molecule has 1 aliphatic heterocycles. The van der Waals surface area contributed by atoms with E-state index in [9.17, 15) is 5.11 Å². The Morgan fingerprint density at radius 2 is 1.59 bits per heavy atom. The highest BCUT2D eigenvalue weighted by atomic mass is 35.5. The van der Waals surface area contributed by atoms with E-state index in [4.69, 9.17) is 9.47 Å². The summed E-state index contributed by atoms with van der Waals surface area (Å²) in [6.45, 7) is 4.72. The van der Waals surface area contributed by atoms with E-state index >= 15 is 0 Å². The molecule has 0 aromatic heterocycles. The second-order valence-electron chi connectivity index (χ2n) is 7.80. The Labute approximate surface area is 139 Å². The van der Waals surface area contributed by atoms with Gasteiger partial charge in [-0.2, -0.15) is 0 Å². The first-order valence-corrected chi connectivity index (χ1v) is 8.87. The van der Waals surface area contributed by atoms with Gasteiger partial charge in [-0.3, -0.25) is 4.90 Å². The molecule has 0 radical (unpaired) electrons. The van der Waals surface area contributed by atoms with Gasteiger partial charge in [-0.1, -0.05) is 0 Å². The highest BCUT2D eigenvalue weighted by Crippen LogP contribution is 2.54. The van der Waals surface area contributed by atoms with E-state index in [0.29, 0.717) is 12.7 Å². The molecule has 0 spiro atoms. The van der Waals surface area contributed by atoms with E-state index in [-0.39, 0.29) is 18.5 Å². The lowest BCUT2D eigenvalue weighted by Gasteiger charge is -2.54. The lowest BCUT2D eigenvalue weighted by molar-refractivity contribution is -0.142. The van der Waals surface area contributed by atoms with Crippen LogP contribution in [0.15, 0.2) is 0 Å². The standard InChI is InChI=1S/C17H29NO3.ClH/c19-16(10-18-1-3-20-4-2-18)11-21-17-14-6-12-5-13(8-14)9-15(17)7-12;/h12-17,19H,1-11H2;1H. The van der Waals surface area contributed by atoms with Crippen LogP contribution in [0.3, 0.4) is 0 Å². The van der Waals surface area contributed by atoms with E-state index in [1.54, 1.807) is 0 Å². The molecule has 5 rings (SSSR count). The van der Waals surface area contributed by atoms with Gasteiger partial charge >= 0.3 is 0 Å². The second kappa shape index (κ2) is 7.35. The molecule has 4 aliphatic carbocycles. The van der Waals surface area contributed by atoms with Crippen molar-refractivity contribution >= 4 is 12.4 Å². The van der Waals surface area contributed by atoms with Crippen molar-refractivity contribution in [3.8, 4) is 0 Å². The SMILES string of the molecule is Cl.OC(COC1C2CC3CC(C2)CC1C3)CN1CCOCC1. The van der Waals surface area contributed by atoms with Crippen molar-refractivity contribution < 1.29 is 14.6 Å². The molecule has 0 aromatic rings. The summed E-state index contributed by atoms with van der Waals surface area (Å²) in [4.78, 5) is 2.29. The predicted molar refractivity (Wildman–Crippen MR) is 87.3 cm³/mol. The summed E-state index contributed by atoms with van der Waals surface area (Å²) in [6, 6.07) is 0. The lowest BCUT2D eigenvalue weighted by Crippen LogP contribution is -2.50. The molecule has 5 aliphatic rings. The topological polar surface area (TPSA) is 41.9 Å². The Bertz CT molecular complexity index is 334. The summed E-state index contributed by atoms with van der Waals surface area (Å²) in [5, 5.41) is 10.2. The molecule has 1 unspecified atom stereocenters. The molecular formula is C17H30ClNO3. The maximum Gasteiger partial charge on any atom is 0.0900 e. The quantitative estimate of drug-likeness (QED) is 0.836. The summed E-state index contributed by atoms with van der Waals surface area (Å²) in [5.74, 6) is 3.56. The van der Waals surface area contributed by atoms with Crippen molar-refractivity contribution in [1.82, 2.24) is 4.90 Å². The summed E-state index contributed by atoms with van der Waals surface area (Å²) >= 11 is 0. The maximum atomic E-state index is 10.2. The van der Waals surface area contributed by atoms with Crippen LogP contribution in [-0.2, 0) is 9.47 Å². The van der Waals surface area contributed by atoms with Crippen LogP contribution >= 0.6 is 12.4 Å². The number of rotatable bonds is 5. The first-order chi connectivity index (χ1) is 10.3. The molecule has 0 amide bonds. The van der Waals surface area contributed by atoms with Gasteiger partial charge in [-0.05, 0) is 55.8 Å². The van der Waals surface area contributed by atoms with Gasteiger partial charge in [0.2, 0.25) is 0 Å². The van der Waals surface area contributed by atoms with Gasteiger partial charge in [0.15, 0.2) is 0 Å². The monoisotopic (exact) mass is 331 g/mol. The fourth-order valence-electron chi connectivity index (χ4n) is 5.50. The van der Waals surface area contributed by atoms with Gasteiger partial charge in [0.05, 0.1) is 32.0 Å². The molecular weight excluding hydrogens is 302 g/mol. The second-order valence-corrected chi connectivity index (χ2v) is 7.80. The number of hydrogen-bond donors (Lipinski definition) is 1. The molecule has 0 aromatic carbocycles. The minimum absolute atomic E-state index is 0. The van der Waals surface area contributed by atoms with E-state index < -0.39 is 0 Å². The number of ether oxygens (including phenoxy) is 2. The molecule has 4 saturated carbocycles. The summed E-state index contributed by atoms with van der Waals surface area (Å²) < 4.78 is 11.6. The summed E-state index contributed by atoms with van der Waals surface area (Å²) in [5.41, 5.74) is 0. The Morgan fingerprint density at radius 3 is 2.18 bits per heavy atom. The van der Waals surface area contributed by atoms with E-state index in [1.807, 2.05) is 0 Å². The Hall–Kier alpha value is 0.130. The van der Waals surface area contributed by atoms with E-state index in [0.717, 1.165) is 56.5 Å². The lowest BCUT2D eigenvalue weighted by atomic mass is 9.55. The Balaban J connectivity index is 0.00000144. The summed E-state index contributed by atoms with van der Waals surface area (Å²) in [7, 11) is 0. The fraction of sp³-hybridized carbons (Fsp3) is 1.00. The molecule has 5 heteroatoms. The molecule has 4 bridgehead atoms. The van der Waals surface area contributed by atoms with Crippen LogP contribution in [0.25, 0.3) is 0 Å². The van der Waals surface area contributed by atoms with Gasteiger partial charge < -0.3 is 14.6 Å². The van der Waals surface area contributed by atoms with Crippen LogP contribution in [-0.4, -0.2) is 61.7 Å². The van der Waals surface area contributed by atoms with Crippen molar-refractivity contribution in [3.63, 3.8) is 0 Å². The molecule has 1 atom stereocenters. The first-order valence-electron chi connectivity index (χ1n) is 8.87. The molecule has 1 saturated heterocycles. The molecule has 1 heterocycles. The first kappa shape index (κ1) is 17.0. The zero-order valence-electron chi connectivity index (χ0n) is 13.4. The number of β-amino-alcohol motifs (C(OH)–C–C–N with tert-alkyl or cyclic N) is 1. The number of hydrogen-bond acceptors (Lipinski definition) is 4. The molecule has 128 valence electrons. The molecule has 22 heavy (non-hydrogen) atoms. The van der Waals surface area contributed by atoms with Crippen molar-refractivity contribution in [2.75, 3.05) is 39.5 Å². The number of morpholine rings is 1. The van der Waals surface area contributed by atoms with Crippen LogP contribution in [0.5, 0.6) is 0 Å². The van der Waals surface area contributed by atoms with Gasteiger partial charge in [-0.25, -0.2) is 0 Å². The van der Waals surface area contributed by atoms with Gasteiger partial charge in [-0.15, -0.1) is 12.4 Å². The number of halogens is 1. The summed E-state index contributed by atoms with van der Waals surface area (Å²) in [6.07, 6.45) is 7.12. The van der Waals surface area contributed by atoms with Gasteiger partial charge in [0.1, 0.15) is 0 Å². The zero-order valence-corrected chi connectivity index (χ0v) is 14.2. The van der Waals surface area contributed by atoms with E-state index in [1.165, 1.54) is 32.1 Å². The minimum atomic E-state index is -0.347. The third-order valence-corrected chi connectivity index (χ3v) is 6.19. The highest BCUT2D eigenvalue weighted by molar-refractivity contribution is 5.85. The number of aliphatic hydroxyl groups is 1. The average Bonchev–Trinajstić information content (AvgIpc) is 2.47. The average molecular weight is 332 g/mol. The van der Waals surface area contributed by atoms with Gasteiger partial charge in [0.25, 0.3) is 0 Å². The minimum Gasteiger partial charge on any atom is -0.389 e. The van der Waals surface area contributed by atoms with Crippen LogP contribution in [0.2, 0.25) is 0 Å². The fourth-order valence-corrected chi connectivity index (χ4v) is 5.50. The molecule has 4 nitrogen and oxygen atoms in total. The number of aliphatic hydroxyl groups excluding tert-OH is 1. The number of nitrogens with zero attached hydrogens (tertiary/aromatic N) is 1. The Morgan fingerprint density at radius 1 is 1.00 bits per heavy atom. The highest BCUT2D eigenvalue weighted by Gasteiger charge is 2.48. The largest absolute Gasteiger partial charge is 0.389 e. The molecule has 5 fully saturated rings. The van der Waals surface area contributed by atoms with E-state index in [2.05, 4.69) is 4.90 Å². The third-order valence-electron chi connectivity index (χ3n) is 6.19. The zero-order chi connectivity index (χ0) is 14.2. The van der Waals surface area contributed by atoms with Crippen molar-refractivity contribution in [3.05, 3.63) is 0 Å². The van der Waals surface area contributed by atoms with Crippen molar-refractivity contribution in [2.24, 2.45) is 23.7 Å². The van der Waals surface area contributed by atoms with Crippen LogP contribution in [0, 0.1) is 23.7 Å². The van der Waals surface area contributed by atoms with Crippen LogP contribution in [0.4, 0.5) is 0 Å². The smallest absolute Gasteiger partial charge is 0.0900 e.